The van der Waals surface area contributed by atoms with E-state index in [1.54, 1.807) is 12.1 Å². The van der Waals surface area contributed by atoms with E-state index in [2.05, 4.69) is 0 Å². The van der Waals surface area contributed by atoms with E-state index in [0.29, 0.717) is 0 Å². The van der Waals surface area contributed by atoms with Crippen LogP contribution in [0.1, 0.15) is 0 Å². The number of rotatable bonds is 2. The number of hydrogen-bond acceptors (Lipinski definition) is 8. The van der Waals surface area contributed by atoms with Gasteiger partial charge in [0.1, 0.15) is 12.1 Å². The van der Waals surface area contributed by atoms with Gasteiger partial charge < -0.3 is 22.9 Å². The molecule has 1 aliphatic carbocycles. The monoisotopic (exact) mass is 292 g/mol. The fraction of sp³-hybridized carbons (Fsp3) is 0.143. The Hall–Kier alpha value is -3.88. The highest BCUT2D eigenvalue weighted by Gasteiger charge is 2.36. The summed E-state index contributed by atoms with van der Waals surface area (Å²) in [5.41, 5.74) is 21.4. The molecule has 0 radical (unpaired) electrons. The largest absolute Gasteiger partial charge is 0.386 e. The summed E-state index contributed by atoms with van der Waals surface area (Å²) in [4.78, 5) is 0. The number of nitriles is 4. The van der Waals surface area contributed by atoms with Crippen LogP contribution in [0.2, 0.25) is 0 Å². The molecular formula is C14H12N8. The summed E-state index contributed by atoms with van der Waals surface area (Å²) in [6, 6.07) is 7.29. The summed E-state index contributed by atoms with van der Waals surface area (Å²) < 4.78 is 0. The van der Waals surface area contributed by atoms with Crippen molar-refractivity contribution in [1.82, 2.24) is 0 Å². The molecule has 2 atom stereocenters. The molecule has 0 aromatic heterocycles. The quantitative estimate of drug-likeness (QED) is 0.518. The summed E-state index contributed by atoms with van der Waals surface area (Å²) in [6.07, 6.45) is 2.65. The molecule has 0 spiro atoms. The van der Waals surface area contributed by atoms with E-state index in [-0.39, 0.29) is 33.9 Å². The van der Waals surface area contributed by atoms with Gasteiger partial charge in [-0.3, -0.25) is 0 Å². The second-order valence-corrected chi connectivity index (χ2v) is 4.41. The second kappa shape index (κ2) is 6.52. The van der Waals surface area contributed by atoms with Gasteiger partial charge in [0.25, 0.3) is 0 Å². The van der Waals surface area contributed by atoms with Gasteiger partial charge in [-0.05, 0) is 12.2 Å². The molecule has 0 aromatic rings. The van der Waals surface area contributed by atoms with Crippen LogP contribution in [0.3, 0.4) is 0 Å². The van der Waals surface area contributed by atoms with E-state index in [0.717, 1.165) is 0 Å². The first-order valence-corrected chi connectivity index (χ1v) is 5.95. The van der Waals surface area contributed by atoms with Crippen molar-refractivity contribution >= 4 is 0 Å². The van der Waals surface area contributed by atoms with Crippen LogP contribution in [0.15, 0.2) is 46.1 Å². The minimum atomic E-state index is -0.807. The van der Waals surface area contributed by atoms with Gasteiger partial charge in [-0.15, -0.1) is 0 Å². The zero-order valence-electron chi connectivity index (χ0n) is 11.4. The first kappa shape index (κ1) is 16.2. The van der Waals surface area contributed by atoms with Gasteiger partial charge in [0, 0.05) is 11.8 Å². The van der Waals surface area contributed by atoms with Crippen molar-refractivity contribution in [1.29, 1.82) is 21.0 Å². The van der Waals surface area contributed by atoms with Crippen LogP contribution in [0.25, 0.3) is 0 Å². The molecule has 0 saturated heterocycles. The second-order valence-electron chi connectivity index (χ2n) is 4.41. The van der Waals surface area contributed by atoms with Gasteiger partial charge >= 0.3 is 0 Å². The van der Waals surface area contributed by atoms with Gasteiger partial charge in [-0.25, -0.2) is 0 Å². The molecule has 8 nitrogen and oxygen atoms in total. The molecule has 1 rings (SSSR count). The molecule has 108 valence electrons. The maximum atomic E-state index is 9.33. The fourth-order valence-electron chi connectivity index (χ4n) is 2.24. The average molecular weight is 292 g/mol. The third-order valence-corrected chi connectivity index (χ3v) is 3.05. The Morgan fingerprint density at radius 2 is 1.00 bits per heavy atom. The summed E-state index contributed by atoms with van der Waals surface area (Å²) in [5.74, 6) is -1.81. The van der Waals surface area contributed by atoms with Crippen LogP contribution in [0.5, 0.6) is 0 Å². The van der Waals surface area contributed by atoms with Crippen molar-refractivity contribution < 1.29 is 0 Å². The molecule has 0 bridgehead atoms. The molecule has 0 amide bonds. The Morgan fingerprint density at radius 3 is 1.18 bits per heavy atom. The van der Waals surface area contributed by atoms with Crippen LogP contribution in [-0.2, 0) is 0 Å². The normalized spacial score (nSPS) is 20.0. The maximum absolute atomic E-state index is 9.33. The van der Waals surface area contributed by atoms with Crippen LogP contribution in [-0.4, -0.2) is 0 Å². The summed E-state index contributed by atoms with van der Waals surface area (Å²) in [7, 11) is 0. The highest BCUT2D eigenvalue weighted by Crippen LogP contribution is 2.40. The SMILES string of the molecule is N#CC1=C(C#N)[C@@H](C=C(N)N)[C@@H](C=C(N)N)C(C#N)=C1C#N. The van der Waals surface area contributed by atoms with Gasteiger partial charge in [0.05, 0.1) is 46.1 Å². The molecular weight excluding hydrogens is 280 g/mol. The fourth-order valence-corrected chi connectivity index (χ4v) is 2.24. The summed E-state index contributed by atoms with van der Waals surface area (Å²) >= 11 is 0. The molecule has 0 unspecified atom stereocenters. The van der Waals surface area contributed by atoms with Crippen LogP contribution < -0.4 is 22.9 Å². The van der Waals surface area contributed by atoms with Crippen molar-refractivity contribution in [2.75, 3.05) is 0 Å². The first-order valence-electron chi connectivity index (χ1n) is 5.95. The third-order valence-electron chi connectivity index (χ3n) is 3.05. The molecule has 1 aliphatic rings. The zero-order valence-corrected chi connectivity index (χ0v) is 11.4. The lowest BCUT2D eigenvalue weighted by molar-refractivity contribution is 0.608. The van der Waals surface area contributed by atoms with E-state index >= 15 is 0 Å². The Morgan fingerprint density at radius 1 is 0.682 bits per heavy atom. The topological polar surface area (TPSA) is 199 Å². The van der Waals surface area contributed by atoms with Crippen LogP contribution >= 0.6 is 0 Å². The number of nitrogens with two attached hydrogens (primary N) is 4. The molecule has 8 N–H and O–H groups in total. The predicted octanol–water partition coefficient (Wildman–Crippen LogP) is -0.562. The highest BCUT2D eigenvalue weighted by molar-refractivity contribution is 5.66. The van der Waals surface area contributed by atoms with Crippen molar-refractivity contribution in [3.63, 3.8) is 0 Å². The number of allylic oxidation sites excluding steroid dienone is 6. The average Bonchev–Trinajstić information content (AvgIpc) is 2.46. The van der Waals surface area contributed by atoms with Crippen LogP contribution in [0, 0.1) is 57.2 Å². The Bertz CT molecular complexity index is 707. The van der Waals surface area contributed by atoms with E-state index in [1.807, 2.05) is 12.1 Å². The van der Waals surface area contributed by atoms with Crippen LogP contribution in [0.4, 0.5) is 0 Å². The molecule has 0 aromatic carbocycles. The van der Waals surface area contributed by atoms with E-state index < -0.39 is 11.8 Å². The van der Waals surface area contributed by atoms with Gasteiger partial charge in [-0.2, -0.15) is 21.0 Å². The van der Waals surface area contributed by atoms with Gasteiger partial charge in [-0.1, -0.05) is 0 Å². The molecule has 0 fully saturated rings. The first-order chi connectivity index (χ1) is 10.4. The van der Waals surface area contributed by atoms with Crippen molar-refractivity contribution in [2.45, 2.75) is 0 Å². The maximum Gasteiger partial charge on any atom is 0.102 e. The van der Waals surface area contributed by atoms with Crippen molar-refractivity contribution in [3.8, 4) is 24.3 Å². The van der Waals surface area contributed by atoms with Gasteiger partial charge in [0.15, 0.2) is 0 Å². The minimum absolute atomic E-state index is 0.0195. The zero-order chi connectivity index (χ0) is 16.9. The number of nitrogens with zero attached hydrogens (tertiary/aromatic N) is 4. The van der Waals surface area contributed by atoms with E-state index in [4.69, 9.17) is 22.9 Å². The molecule has 8 heteroatoms. The Balaban J connectivity index is 3.85. The van der Waals surface area contributed by atoms with E-state index in [1.165, 1.54) is 12.2 Å². The lowest BCUT2D eigenvalue weighted by Gasteiger charge is -2.27. The smallest absolute Gasteiger partial charge is 0.102 e. The molecule has 0 aliphatic heterocycles. The number of hydrogen-bond donors (Lipinski definition) is 4. The standard InChI is InChI=1S/C14H12N8/c15-3-9-7(1-13(19)20)8(2-14(21)22)10(4-16)12(6-18)11(9)5-17/h1-2,7-8H,19-22H2/t7-,8+. The van der Waals surface area contributed by atoms with Crippen molar-refractivity contribution in [2.24, 2.45) is 34.8 Å². The predicted molar refractivity (Wildman–Crippen MR) is 76.4 cm³/mol. The lowest BCUT2D eigenvalue weighted by Crippen LogP contribution is -2.26. The summed E-state index contributed by atoms with van der Waals surface area (Å²) in [6.45, 7) is 0. The Kier molecular flexibility index (Phi) is 4.79. The lowest BCUT2D eigenvalue weighted by atomic mass is 9.72. The minimum Gasteiger partial charge on any atom is -0.386 e. The Labute approximate surface area is 127 Å². The molecule has 0 heterocycles. The highest BCUT2D eigenvalue weighted by atomic mass is 14.8. The third kappa shape index (κ3) is 2.82. The summed E-state index contributed by atoms with van der Waals surface area (Å²) in [5, 5.41) is 37.1. The van der Waals surface area contributed by atoms with E-state index in [9.17, 15) is 21.0 Å². The molecule has 22 heavy (non-hydrogen) atoms. The van der Waals surface area contributed by atoms with Gasteiger partial charge in [0.2, 0.25) is 0 Å². The molecule has 0 saturated carbocycles. The van der Waals surface area contributed by atoms with Crippen molar-refractivity contribution in [3.05, 3.63) is 46.1 Å².